The number of rotatable bonds is 3. The minimum absolute atomic E-state index is 0.317. The van der Waals surface area contributed by atoms with Crippen LogP contribution in [-0.4, -0.2) is 21.1 Å². The lowest BCUT2D eigenvalue weighted by Gasteiger charge is -2.01. The van der Waals surface area contributed by atoms with E-state index in [1.54, 1.807) is 30.3 Å². The summed E-state index contributed by atoms with van der Waals surface area (Å²) in [5.41, 5.74) is 1.16. The maximum Gasteiger partial charge on any atom is 0.216 e. The summed E-state index contributed by atoms with van der Waals surface area (Å²) in [5.74, 6) is 0.170. The fourth-order valence-electron chi connectivity index (χ4n) is 1.88. The summed E-state index contributed by atoms with van der Waals surface area (Å²) in [4.78, 5) is 0. The Labute approximate surface area is 135 Å². The van der Waals surface area contributed by atoms with Crippen LogP contribution in [0, 0.1) is 10.6 Å². The quantitative estimate of drug-likeness (QED) is 0.574. The zero-order chi connectivity index (χ0) is 15.5. The lowest BCUT2D eigenvalue weighted by atomic mass is 10.2. The van der Waals surface area contributed by atoms with Gasteiger partial charge in [0.05, 0.1) is 6.21 Å². The van der Waals surface area contributed by atoms with Crippen LogP contribution in [0.15, 0.2) is 53.6 Å². The Morgan fingerprint density at radius 3 is 2.64 bits per heavy atom. The van der Waals surface area contributed by atoms with Crippen LogP contribution in [0.1, 0.15) is 5.56 Å². The highest BCUT2D eigenvalue weighted by Gasteiger charge is 2.08. The van der Waals surface area contributed by atoms with Crippen molar-refractivity contribution in [2.75, 3.05) is 0 Å². The van der Waals surface area contributed by atoms with Crippen molar-refractivity contribution in [3.63, 3.8) is 0 Å². The van der Waals surface area contributed by atoms with Crippen LogP contribution in [0.2, 0.25) is 5.02 Å². The molecule has 0 bridgehead atoms. The lowest BCUT2D eigenvalue weighted by molar-refractivity contribution is 0.625. The number of benzene rings is 2. The Balaban J connectivity index is 2.01. The van der Waals surface area contributed by atoms with Gasteiger partial charge in [-0.3, -0.25) is 0 Å². The van der Waals surface area contributed by atoms with Crippen LogP contribution >= 0.6 is 23.8 Å². The fraction of sp³-hybridized carbons (Fsp3) is 0. The van der Waals surface area contributed by atoms with E-state index >= 15 is 0 Å². The second kappa shape index (κ2) is 6.21. The number of hydrogen-bond acceptors (Lipinski definition) is 3. The topological polar surface area (TPSA) is 46.0 Å². The number of hydrogen-bond donors (Lipinski definition) is 1. The Morgan fingerprint density at radius 2 is 1.91 bits per heavy atom. The molecule has 1 aromatic heterocycles. The molecule has 22 heavy (non-hydrogen) atoms. The van der Waals surface area contributed by atoms with Crippen LogP contribution in [0.25, 0.3) is 11.4 Å². The summed E-state index contributed by atoms with van der Waals surface area (Å²) < 4.78 is 15.4. The second-order valence-electron chi connectivity index (χ2n) is 4.44. The molecule has 0 amide bonds. The first kappa shape index (κ1) is 14.6. The predicted octanol–water partition coefficient (Wildman–Crippen LogP) is 4.28. The molecule has 1 N–H and O–H groups in total. The number of nitrogens with one attached hydrogen (secondary N) is 1. The summed E-state index contributed by atoms with van der Waals surface area (Å²) in [6, 6.07) is 13.5. The van der Waals surface area contributed by atoms with E-state index in [0.29, 0.717) is 21.2 Å². The lowest BCUT2D eigenvalue weighted by Crippen LogP contribution is -1.96. The van der Waals surface area contributed by atoms with Crippen molar-refractivity contribution >= 4 is 30.0 Å². The summed E-state index contributed by atoms with van der Waals surface area (Å²) in [6.07, 6.45) is 1.40. The average Bonchev–Trinajstić information content (AvgIpc) is 2.88. The molecular weight excluding hydrogens is 323 g/mol. The molecule has 0 unspecified atom stereocenters. The van der Waals surface area contributed by atoms with Crippen molar-refractivity contribution in [1.82, 2.24) is 14.9 Å². The van der Waals surface area contributed by atoms with Gasteiger partial charge in [-0.25, -0.2) is 9.49 Å². The zero-order valence-electron chi connectivity index (χ0n) is 11.2. The number of H-pyrrole nitrogens is 1. The highest BCUT2D eigenvalue weighted by atomic mass is 35.5. The number of nitrogens with zero attached hydrogens (tertiary/aromatic N) is 3. The average molecular weight is 333 g/mol. The van der Waals surface area contributed by atoms with Crippen molar-refractivity contribution < 1.29 is 4.39 Å². The summed E-state index contributed by atoms with van der Waals surface area (Å²) in [6.45, 7) is 0. The maximum absolute atomic E-state index is 13.6. The van der Waals surface area contributed by atoms with E-state index in [4.69, 9.17) is 23.8 Å². The third-order valence-electron chi connectivity index (χ3n) is 2.97. The van der Waals surface area contributed by atoms with Gasteiger partial charge in [-0.05, 0) is 42.5 Å². The van der Waals surface area contributed by atoms with Gasteiger partial charge in [0.2, 0.25) is 4.77 Å². The largest absolute Gasteiger partial charge is 0.250 e. The molecule has 0 aliphatic rings. The first-order chi connectivity index (χ1) is 10.6. The maximum atomic E-state index is 13.6. The van der Waals surface area contributed by atoms with E-state index in [-0.39, 0.29) is 5.82 Å². The normalized spacial score (nSPS) is 11.2. The van der Waals surface area contributed by atoms with Gasteiger partial charge in [0.25, 0.3) is 0 Å². The Kier molecular flexibility index (Phi) is 4.13. The van der Waals surface area contributed by atoms with E-state index in [1.165, 1.54) is 17.0 Å². The van der Waals surface area contributed by atoms with E-state index in [2.05, 4.69) is 15.3 Å². The zero-order valence-corrected chi connectivity index (χ0v) is 12.8. The summed E-state index contributed by atoms with van der Waals surface area (Å²) >= 11 is 11.0. The number of aromatic nitrogens is 3. The smallest absolute Gasteiger partial charge is 0.216 e. The van der Waals surface area contributed by atoms with Gasteiger partial charge in [-0.1, -0.05) is 29.8 Å². The molecule has 0 aliphatic heterocycles. The first-order valence-electron chi connectivity index (χ1n) is 6.37. The van der Waals surface area contributed by atoms with Crippen LogP contribution in [0.3, 0.4) is 0 Å². The van der Waals surface area contributed by atoms with Crippen LogP contribution in [0.5, 0.6) is 0 Å². The molecule has 0 radical (unpaired) electrons. The third-order valence-corrected chi connectivity index (χ3v) is 3.49. The molecule has 2 aromatic carbocycles. The van der Waals surface area contributed by atoms with Gasteiger partial charge in [0, 0.05) is 16.1 Å². The highest BCUT2D eigenvalue weighted by molar-refractivity contribution is 7.71. The number of halogens is 2. The molecule has 0 spiro atoms. The van der Waals surface area contributed by atoms with Gasteiger partial charge in [-0.2, -0.15) is 14.9 Å². The van der Waals surface area contributed by atoms with Crippen LogP contribution < -0.4 is 0 Å². The highest BCUT2D eigenvalue weighted by Crippen LogP contribution is 2.19. The van der Waals surface area contributed by atoms with E-state index in [1.807, 2.05) is 12.1 Å². The van der Waals surface area contributed by atoms with E-state index in [9.17, 15) is 4.39 Å². The third kappa shape index (κ3) is 2.98. The van der Waals surface area contributed by atoms with Crippen molar-refractivity contribution in [3.05, 3.63) is 69.7 Å². The Bertz CT molecular complexity index is 883. The van der Waals surface area contributed by atoms with Crippen molar-refractivity contribution in [2.45, 2.75) is 0 Å². The first-order valence-corrected chi connectivity index (χ1v) is 7.16. The van der Waals surface area contributed by atoms with E-state index in [0.717, 1.165) is 5.56 Å². The molecule has 7 heteroatoms. The van der Waals surface area contributed by atoms with Crippen molar-refractivity contribution in [3.8, 4) is 11.4 Å². The Hall–Kier alpha value is -2.31. The predicted molar refractivity (Wildman–Crippen MR) is 87.2 cm³/mol. The molecule has 3 aromatic rings. The standard InChI is InChI=1S/C15H10ClFN4S/c16-12-7-5-10(6-8-12)14-19-20-15(22)21(14)18-9-11-3-1-2-4-13(11)17/h1-9H,(H,20,22)/b18-9+. The second-order valence-corrected chi connectivity index (χ2v) is 5.26. The van der Waals surface area contributed by atoms with Gasteiger partial charge in [0.15, 0.2) is 5.82 Å². The van der Waals surface area contributed by atoms with Gasteiger partial charge >= 0.3 is 0 Å². The van der Waals surface area contributed by atoms with Gasteiger partial charge in [-0.15, -0.1) is 0 Å². The molecular formula is C15H10ClFN4S. The molecule has 1 heterocycles. The van der Waals surface area contributed by atoms with Gasteiger partial charge in [0.1, 0.15) is 5.82 Å². The molecule has 4 nitrogen and oxygen atoms in total. The molecule has 0 saturated heterocycles. The SMILES string of the molecule is Fc1ccccc1/C=N/n1c(-c2ccc(Cl)cc2)n[nH]c1=S. The Morgan fingerprint density at radius 1 is 1.18 bits per heavy atom. The fourth-order valence-corrected chi connectivity index (χ4v) is 2.19. The van der Waals surface area contributed by atoms with Crippen molar-refractivity contribution in [2.24, 2.45) is 5.10 Å². The summed E-state index contributed by atoms with van der Waals surface area (Å²) in [5, 5.41) is 11.7. The minimum Gasteiger partial charge on any atom is -0.250 e. The molecule has 3 rings (SSSR count). The van der Waals surface area contributed by atoms with Gasteiger partial charge < -0.3 is 0 Å². The summed E-state index contributed by atoms with van der Waals surface area (Å²) in [7, 11) is 0. The van der Waals surface area contributed by atoms with Crippen molar-refractivity contribution in [1.29, 1.82) is 0 Å². The molecule has 0 saturated carbocycles. The monoisotopic (exact) mass is 332 g/mol. The molecule has 110 valence electrons. The van der Waals surface area contributed by atoms with Crippen LogP contribution in [0.4, 0.5) is 4.39 Å². The number of aromatic amines is 1. The molecule has 0 fully saturated rings. The molecule has 0 atom stereocenters. The minimum atomic E-state index is -0.352. The van der Waals surface area contributed by atoms with Crippen LogP contribution in [-0.2, 0) is 0 Å². The molecule has 0 aliphatic carbocycles. The van der Waals surface area contributed by atoms with E-state index < -0.39 is 0 Å².